The molecule has 0 saturated heterocycles. The molecule has 0 aliphatic rings. The maximum absolute atomic E-state index is 12.9. The maximum Gasteiger partial charge on any atom is 0.306 e. The Labute approximate surface area is 494 Å². The number of carbonyl (C=O) groups excluding carboxylic acids is 3. The SMILES string of the molecule is CC/C=C\C/C=C\C/C=C\C/C=C\C/C=C\C/C=C\C/C=C\CCCCCCCCCCCCCCCC(=O)OCC(COC(=O)CCCCCCCCCC)OC(=O)CCCCCCCC/C=C\C/C=C\C/C=C\C/C=C\CC. The van der Waals surface area contributed by atoms with Crippen LogP contribution in [0.15, 0.2) is 134 Å². The summed E-state index contributed by atoms with van der Waals surface area (Å²) in [6.45, 7) is 6.38. The van der Waals surface area contributed by atoms with E-state index in [0.29, 0.717) is 19.3 Å². The van der Waals surface area contributed by atoms with Gasteiger partial charge in [0.15, 0.2) is 6.10 Å². The van der Waals surface area contributed by atoms with Gasteiger partial charge in [-0.3, -0.25) is 14.4 Å². The van der Waals surface area contributed by atoms with Crippen LogP contribution in [0.3, 0.4) is 0 Å². The van der Waals surface area contributed by atoms with E-state index in [9.17, 15) is 14.4 Å². The molecule has 0 aromatic carbocycles. The van der Waals surface area contributed by atoms with E-state index in [1.54, 1.807) is 0 Å². The molecule has 0 aliphatic carbocycles. The highest BCUT2D eigenvalue weighted by Crippen LogP contribution is 2.16. The predicted molar refractivity (Wildman–Crippen MR) is 348 cm³/mol. The van der Waals surface area contributed by atoms with Crippen molar-refractivity contribution in [3.05, 3.63) is 134 Å². The van der Waals surface area contributed by atoms with Gasteiger partial charge in [0.25, 0.3) is 0 Å². The Hall–Kier alpha value is -4.45. The number of carbonyl (C=O) groups is 3. The first-order chi connectivity index (χ1) is 39.5. The van der Waals surface area contributed by atoms with Gasteiger partial charge in [-0.25, -0.2) is 0 Å². The third kappa shape index (κ3) is 64.4. The summed E-state index contributed by atoms with van der Waals surface area (Å²) in [4.78, 5) is 38.2. The van der Waals surface area contributed by atoms with Crippen LogP contribution < -0.4 is 0 Å². The van der Waals surface area contributed by atoms with Crippen LogP contribution in [0, 0.1) is 0 Å². The van der Waals surface area contributed by atoms with Crippen LogP contribution in [-0.4, -0.2) is 37.2 Å². The Morgan fingerprint density at radius 1 is 0.263 bits per heavy atom. The Morgan fingerprint density at radius 2 is 0.487 bits per heavy atom. The molecule has 0 aromatic heterocycles. The first-order valence-corrected chi connectivity index (χ1v) is 33.2. The average Bonchev–Trinajstić information content (AvgIpc) is 3.46. The van der Waals surface area contributed by atoms with Gasteiger partial charge >= 0.3 is 17.9 Å². The molecule has 1 unspecified atom stereocenters. The predicted octanol–water partition coefficient (Wildman–Crippen LogP) is 22.9. The third-order valence-electron chi connectivity index (χ3n) is 13.9. The van der Waals surface area contributed by atoms with E-state index in [4.69, 9.17) is 14.2 Å². The van der Waals surface area contributed by atoms with Gasteiger partial charge in [-0.2, -0.15) is 0 Å². The molecule has 0 bridgehead atoms. The van der Waals surface area contributed by atoms with E-state index in [1.165, 1.54) is 116 Å². The van der Waals surface area contributed by atoms with E-state index in [-0.39, 0.29) is 31.1 Å². The fourth-order valence-corrected chi connectivity index (χ4v) is 9.00. The molecule has 0 radical (unpaired) electrons. The van der Waals surface area contributed by atoms with Crippen molar-refractivity contribution < 1.29 is 28.6 Å². The first-order valence-electron chi connectivity index (χ1n) is 33.2. The molecule has 80 heavy (non-hydrogen) atoms. The quantitative estimate of drug-likeness (QED) is 0.0261. The first kappa shape index (κ1) is 75.5. The third-order valence-corrected chi connectivity index (χ3v) is 13.9. The van der Waals surface area contributed by atoms with E-state index in [1.807, 2.05) is 0 Å². The lowest BCUT2D eigenvalue weighted by atomic mass is 10.0. The smallest absolute Gasteiger partial charge is 0.306 e. The highest BCUT2D eigenvalue weighted by molar-refractivity contribution is 5.71. The Kier molecular flexibility index (Phi) is 63.3. The zero-order valence-corrected chi connectivity index (χ0v) is 52.0. The van der Waals surface area contributed by atoms with Crippen molar-refractivity contribution in [1.82, 2.24) is 0 Å². The summed E-state index contributed by atoms with van der Waals surface area (Å²) in [5.41, 5.74) is 0. The van der Waals surface area contributed by atoms with Crippen LogP contribution in [0.5, 0.6) is 0 Å². The monoisotopic (exact) mass is 1110 g/mol. The average molecular weight is 1110 g/mol. The molecule has 6 nitrogen and oxygen atoms in total. The van der Waals surface area contributed by atoms with Crippen LogP contribution in [0.1, 0.15) is 297 Å². The van der Waals surface area contributed by atoms with Crippen molar-refractivity contribution in [3.8, 4) is 0 Å². The van der Waals surface area contributed by atoms with E-state index >= 15 is 0 Å². The number of hydrogen-bond acceptors (Lipinski definition) is 6. The van der Waals surface area contributed by atoms with Gasteiger partial charge in [0.05, 0.1) is 0 Å². The van der Waals surface area contributed by atoms with Gasteiger partial charge in [-0.15, -0.1) is 0 Å². The minimum Gasteiger partial charge on any atom is -0.462 e. The van der Waals surface area contributed by atoms with E-state index < -0.39 is 6.10 Å². The zero-order chi connectivity index (χ0) is 57.8. The number of esters is 3. The van der Waals surface area contributed by atoms with Gasteiger partial charge in [0.2, 0.25) is 0 Å². The molecule has 0 saturated carbocycles. The molecular formula is C74H122O6. The molecule has 0 rings (SSSR count). The standard InChI is InChI=1S/C74H122O6/c1-4-7-10-13-16-19-21-23-25-27-29-30-31-32-33-34-35-36-37-38-39-40-41-42-43-44-46-47-49-51-53-55-58-61-64-67-73(76)79-70-71(69-78-72(75)66-63-60-57-18-15-12-9-6-3)80-74(77)68-65-62-59-56-54-52-50-48-45-28-26-24-22-20-17-14-11-8-5-2/h7-8,10-11,16-17,19-20,23-26,29-30,32-33,35-36,38-39,45,48,71H,4-6,9,12-15,18,21-22,27-28,31,34,37,40-44,46-47,49-70H2,1-3H3/b10-7-,11-8-,19-16-,20-17-,25-23-,26-24-,30-29-,33-32-,36-35-,39-38-,48-45-. The molecule has 0 N–H and O–H groups in total. The second kappa shape index (κ2) is 67.1. The molecule has 454 valence electrons. The molecule has 0 spiro atoms. The highest BCUT2D eigenvalue weighted by atomic mass is 16.6. The summed E-state index contributed by atoms with van der Waals surface area (Å²) in [5, 5.41) is 0. The van der Waals surface area contributed by atoms with Gasteiger partial charge in [-0.1, -0.05) is 296 Å². The van der Waals surface area contributed by atoms with Crippen molar-refractivity contribution >= 4 is 17.9 Å². The second-order valence-electron chi connectivity index (χ2n) is 21.6. The van der Waals surface area contributed by atoms with Crippen LogP contribution in [-0.2, 0) is 28.6 Å². The Balaban J connectivity index is 4.12. The lowest BCUT2D eigenvalue weighted by molar-refractivity contribution is -0.167. The normalized spacial score (nSPS) is 13.0. The van der Waals surface area contributed by atoms with Crippen molar-refractivity contribution in [2.24, 2.45) is 0 Å². The lowest BCUT2D eigenvalue weighted by Crippen LogP contribution is -2.30. The molecule has 0 aliphatic heterocycles. The van der Waals surface area contributed by atoms with Gasteiger partial charge < -0.3 is 14.2 Å². The van der Waals surface area contributed by atoms with Gasteiger partial charge in [0.1, 0.15) is 13.2 Å². The second-order valence-corrected chi connectivity index (χ2v) is 21.6. The highest BCUT2D eigenvalue weighted by Gasteiger charge is 2.19. The number of allylic oxidation sites excluding steroid dienone is 22. The van der Waals surface area contributed by atoms with Gasteiger partial charge in [-0.05, 0) is 116 Å². The molecule has 1 atom stereocenters. The molecular weight excluding hydrogens is 985 g/mol. The van der Waals surface area contributed by atoms with E-state index in [0.717, 1.165) is 141 Å². The van der Waals surface area contributed by atoms with Crippen molar-refractivity contribution in [2.45, 2.75) is 303 Å². The van der Waals surface area contributed by atoms with Crippen molar-refractivity contribution in [1.29, 1.82) is 0 Å². The minimum absolute atomic E-state index is 0.0841. The summed E-state index contributed by atoms with van der Waals surface area (Å²) in [6, 6.07) is 0. The summed E-state index contributed by atoms with van der Waals surface area (Å²) < 4.78 is 16.9. The largest absolute Gasteiger partial charge is 0.462 e. The fraction of sp³-hybridized carbons (Fsp3) is 0.662. The summed E-state index contributed by atoms with van der Waals surface area (Å²) >= 11 is 0. The number of ether oxygens (including phenoxy) is 3. The number of rotatable bonds is 59. The molecule has 0 heterocycles. The molecule has 0 aromatic rings. The van der Waals surface area contributed by atoms with Crippen molar-refractivity contribution in [2.75, 3.05) is 13.2 Å². The van der Waals surface area contributed by atoms with Crippen LogP contribution in [0.4, 0.5) is 0 Å². The van der Waals surface area contributed by atoms with Crippen LogP contribution in [0.2, 0.25) is 0 Å². The number of hydrogen-bond donors (Lipinski definition) is 0. The summed E-state index contributed by atoms with van der Waals surface area (Å²) in [7, 11) is 0. The van der Waals surface area contributed by atoms with E-state index in [2.05, 4.69) is 154 Å². The number of unbranched alkanes of at least 4 members (excludes halogenated alkanes) is 26. The van der Waals surface area contributed by atoms with Crippen molar-refractivity contribution in [3.63, 3.8) is 0 Å². The summed E-state index contributed by atoms with van der Waals surface area (Å²) in [5.74, 6) is -0.900. The molecule has 0 fully saturated rings. The topological polar surface area (TPSA) is 78.9 Å². The molecule has 6 heteroatoms. The zero-order valence-electron chi connectivity index (χ0n) is 52.0. The lowest BCUT2D eigenvalue weighted by Gasteiger charge is -2.18. The van der Waals surface area contributed by atoms with Gasteiger partial charge in [0, 0.05) is 19.3 Å². The molecule has 0 amide bonds. The van der Waals surface area contributed by atoms with Crippen LogP contribution in [0.25, 0.3) is 0 Å². The Morgan fingerprint density at radius 3 is 0.762 bits per heavy atom. The fourth-order valence-electron chi connectivity index (χ4n) is 9.00. The maximum atomic E-state index is 12.9. The van der Waals surface area contributed by atoms with Crippen LogP contribution >= 0.6 is 0 Å². The Bertz CT molecular complexity index is 1700. The summed E-state index contributed by atoms with van der Waals surface area (Å²) in [6.07, 6.45) is 94.8. The minimum atomic E-state index is -0.787.